The monoisotopic (exact) mass is 277 g/mol. The molecule has 1 amide bonds. The van der Waals surface area contributed by atoms with Gasteiger partial charge in [0.05, 0.1) is 0 Å². The molecule has 1 aliphatic rings. The molecule has 20 heavy (non-hydrogen) atoms. The Morgan fingerprint density at radius 2 is 2.00 bits per heavy atom. The summed E-state index contributed by atoms with van der Waals surface area (Å²) in [5.41, 5.74) is 1.92. The average Bonchev–Trinajstić information content (AvgIpc) is 2.60. The molecule has 0 bridgehead atoms. The summed E-state index contributed by atoms with van der Waals surface area (Å²) in [5.74, 6) is 1.47. The van der Waals surface area contributed by atoms with E-state index in [-0.39, 0.29) is 11.9 Å². The van der Waals surface area contributed by atoms with Crippen molar-refractivity contribution in [3.63, 3.8) is 0 Å². The number of hydrogen-bond donors (Lipinski definition) is 2. The third kappa shape index (κ3) is 3.18. The molecule has 6 nitrogen and oxygen atoms in total. The van der Waals surface area contributed by atoms with E-state index in [1.807, 2.05) is 32.8 Å². The van der Waals surface area contributed by atoms with Gasteiger partial charge in [-0.25, -0.2) is 4.98 Å². The molecule has 0 saturated carbocycles. The number of amides is 1. The van der Waals surface area contributed by atoms with Gasteiger partial charge in [-0.1, -0.05) is 0 Å². The highest BCUT2D eigenvalue weighted by Gasteiger charge is 2.22. The van der Waals surface area contributed by atoms with Gasteiger partial charge in [-0.2, -0.15) is 4.98 Å². The smallest absolute Gasteiger partial charge is 0.242 e. The summed E-state index contributed by atoms with van der Waals surface area (Å²) in [4.78, 5) is 22.8. The first kappa shape index (κ1) is 14.6. The van der Waals surface area contributed by atoms with Crippen LogP contribution in [0.4, 0.5) is 11.8 Å². The van der Waals surface area contributed by atoms with Crippen LogP contribution in [0.5, 0.6) is 0 Å². The molecule has 6 heteroatoms. The number of aromatic nitrogens is 2. The van der Waals surface area contributed by atoms with Crippen LogP contribution in [0.15, 0.2) is 0 Å². The maximum atomic E-state index is 12.0. The Kier molecular flexibility index (Phi) is 4.42. The standard InChI is InChI=1S/C14H23N5O/c1-9-10(2)16-14(19(3)4)18-12(9)17-11-7-5-6-8-15-13(11)20/h11H,5-8H2,1-4H3,(H,15,20)(H,16,17,18)/t11-/m1/s1. The minimum atomic E-state index is -0.208. The van der Waals surface area contributed by atoms with Crippen LogP contribution >= 0.6 is 0 Å². The minimum Gasteiger partial charge on any atom is -0.358 e. The van der Waals surface area contributed by atoms with Crippen molar-refractivity contribution in [3.05, 3.63) is 11.3 Å². The topological polar surface area (TPSA) is 70.2 Å². The van der Waals surface area contributed by atoms with Crippen molar-refractivity contribution in [1.29, 1.82) is 0 Å². The summed E-state index contributed by atoms with van der Waals surface area (Å²) in [6.07, 6.45) is 2.92. The predicted octanol–water partition coefficient (Wildman–Crippen LogP) is 1.24. The van der Waals surface area contributed by atoms with Crippen LogP contribution in [0.1, 0.15) is 30.5 Å². The average molecular weight is 277 g/mol. The second-order valence-corrected chi connectivity index (χ2v) is 5.46. The molecule has 0 aliphatic carbocycles. The Hall–Kier alpha value is -1.85. The van der Waals surface area contributed by atoms with Crippen molar-refractivity contribution in [3.8, 4) is 0 Å². The molecular weight excluding hydrogens is 254 g/mol. The van der Waals surface area contributed by atoms with Crippen molar-refractivity contribution >= 4 is 17.7 Å². The zero-order valence-corrected chi connectivity index (χ0v) is 12.7. The lowest BCUT2D eigenvalue weighted by Crippen LogP contribution is -2.38. The van der Waals surface area contributed by atoms with Crippen LogP contribution in [-0.4, -0.2) is 42.6 Å². The molecule has 1 aromatic heterocycles. The number of rotatable bonds is 3. The molecule has 0 radical (unpaired) electrons. The molecule has 2 heterocycles. The number of hydrogen-bond acceptors (Lipinski definition) is 5. The first-order chi connectivity index (χ1) is 9.49. The molecule has 0 aromatic carbocycles. The number of anilines is 2. The fraction of sp³-hybridized carbons (Fsp3) is 0.643. The Labute approximate surface area is 120 Å². The van der Waals surface area contributed by atoms with E-state index in [0.29, 0.717) is 5.95 Å². The lowest BCUT2D eigenvalue weighted by Gasteiger charge is -2.20. The highest BCUT2D eigenvalue weighted by molar-refractivity contribution is 5.84. The number of nitrogens with one attached hydrogen (secondary N) is 2. The van der Waals surface area contributed by atoms with Crippen LogP contribution in [0.2, 0.25) is 0 Å². The summed E-state index contributed by atoms with van der Waals surface area (Å²) >= 11 is 0. The zero-order valence-electron chi connectivity index (χ0n) is 12.7. The molecule has 1 atom stereocenters. The quantitative estimate of drug-likeness (QED) is 0.870. The second-order valence-electron chi connectivity index (χ2n) is 5.46. The minimum absolute atomic E-state index is 0.0598. The normalized spacial score (nSPS) is 19.2. The van der Waals surface area contributed by atoms with Crippen LogP contribution in [-0.2, 0) is 4.79 Å². The fourth-order valence-corrected chi connectivity index (χ4v) is 2.20. The van der Waals surface area contributed by atoms with E-state index in [0.717, 1.165) is 42.9 Å². The molecule has 1 fully saturated rings. The van der Waals surface area contributed by atoms with E-state index in [4.69, 9.17) is 0 Å². The molecule has 1 saturated heterocycles. The Morgan fingerprint density at radius 3 is 2.70 bits per heavy atom. The van der Waals surface area contributed by atoms with Gasteiger partial charge >= 0.3 is 0 Å². The van der Waals surface area contributed by atoms with Gasteiger partial charge in [0.1, 0.15) is 11.9 Å². The lowest BCUT2D eigenvalue weighted by atomic mass is 10.1. The van der Waals surface area contributed by atoms with Gasteiger partial charge in [0.15, 0.2) is 0 Å². The second kappa shape index (κ2) is 6.07. The van der Waals surface area contributed by atoms with Crippen molar-refractivity contribution < 1.29 is 4.79 Å². The first-order valence-electron chi connectivity index (χ1n) is 7.06. The van der Waals surface area contributed by atoms with Gasteiger partial charge in [-0.15, -0.1) is 0 Å². The predicted molar refractivity (Wildman–Crippen MR) is 80.1 cm³/mol. The van der Waals surface area contributed by atoms with Gasteiger partial charge < -0.3 is 15.5 Å². The van der Waals surface area contributed by atoms with Gasteiger partial charge in [-0.05, 0) is 33.1 Å². The third-order valence-corrected chi connectivity index (χ3v) is 3.62. The number of aryl methyl sites for hydroxylation is 1. The van der Waals surface area contributed by atoms with E-state index >= 15 is 0 Å². The van der Waals surface area contributed by atoms with Crippen molar-refractivity contribution in [2.45, 2.75) is 39.2 Å². The summed E-state index contributed by atoms with van der Waals surface area (Å²) in [5, 5.41) is 6.22. The molecule has 2 rings (SSSR count). The maximum Gasteiger partial charge on any atom is 0.242 e. The highest BCUT2D eigenvalue weighted by atomic mass is 16.2. The zero-order chi connectivity index (χ0) is 14.7. The maximum absolute atomic E-state index is 12.0. The first-order valence-corrected chi connectivity index (χ1v) is 7.06. The molecule has 2 N–H and O–H groups in total. The Bertz CT molecular complexity index is 501. The van der Waals surface area contributed by atoms with Gasteiger partial charge in [-0.3, -0.25) is 4.79 Å². The largest absolute Gasteiger partial charge is 0.358 e. The third-order valence-electron chi connectivity index (χ3n) is 3.62. The summed E-state index contributed by atoms with van der Waals surface area (Å²) in [7, 11) is 3.82. The molecule has 1 aromatic rings. The lowest BCUT2D eigenvalue weighted by molar-refractivity contribution is -0.121. The molecule has 0 spiro atoms. The summed E-state index contributed by atoms with van der Waals surface area (Å²) in [6, 6.07) is -0.208. The fourth-order valence-electron chi connectivity index (χ4n) is 2.20. The number of nitrogens with zero attached hydrogens (tertiary/aromatic N) is 3. The molecular formula is C14H23N5O. The van der Waals surface area contributed by atoms with E-state index in [2.05, 4.69) is 20.6 Å². The van der Waals surface area contributed by atoms with Crippen LogP contribution in [0.3, 0.4) is 0 Å². The van der Waals surface area contributed by atoms with E-state index in [1.165, 1.54) is 0 Å². The highest BCUT2D eigenvalue weighted by Crippen LogP contribution is 2.20. The number of carbonyl (C=O) groups excluding carboxylic acids is 1. The van der Waals surface area contributed by atoms with Gasteiger partial charge in [0, 0.05) is 31.9 Å². The van der Waals surface area contributed by atoms with Gasteiger partial charge in [0.25, 0.3) is 0 Å². The van der Waals surface area contributed by atoms with Crippen molar-refractivity contribution in [2.24, 2.45) is 0 Å². The molecule has 1 aliphatic heterocycles. The van der Waals surface area contributed by atoms with Crippen LogP contribution < -0.4 is 15.5 Å². The molecule has 110 valence electrons. The number of carbonyl (C=O) groups is 1. The van der Waals surface area contributed by atoms with Crippen LogP contribution in [0, 0.1) is 13.8 Å². The Balaban J connectivity index is 2.25. The SMILES string of the molecule is Cc1nc(N(C)C)nc(N[C@@H]2CCCCNC2=O)c1C. The molecule has 0 unspecified atom stereocenters. The van der Waals surface area contributed by atoms with Crippen molar-refractivity contribution in [2.75, 3.05) is 30.9 Å². The summed E-state index contributed by atoms with van der Waals surface area (Å²) < 4.78 is 0. The van der Waals surface area contributed by atoms with Crippen LogP contribution in [0.25, 0.3) is 0 Å². The van der Waals surface area contributed by atoms with Crippen molar-refractivity contribution in [1.82, 2.24) is 15.3 Å². The van der Waals surface area contributed by atoms with Gasteiger partial charge in [0.2, 0.25) is 11.9 Å². The Morgan fingerprint density at radius 1 is 1.25 bits per heavy atom. The van der Waals surface area contributed by atoms with E-state index < -0.39 is 0 Å². The van der Waals surface area contributed by atoms with E-state index in [9.17, 15) is 4.79 Å². The summed E-state index contributed by atoms with van der Waals surface area (Å²) in [6.45, 7) is 4.70. The van der Waals surface area contributed by atoms with E-state index in [1.54, 1.807) is 0 Å².